The molecular weight excluding hydrogens is 286 g/mol. The van der Waals surface area contributed by atoms with Crippen LogP contribution >= 0.6 is 0 Å². The van der Waals surface area contributed by atoms with Crippen LogP contribution in [0.3, 0.4) is 0 Å². The van der Waals surface area contributed by atoms with E-state index in [2.05, 4.69) is 10.1 Å². The summed E-state index contributed by atoms with van der Waals surface area (Å²) in [7, 11) is 3.53. The maximum atomic E-state index is 11.8. The number of rotatable bonds is 5. The molecule has 0 atom stereocenters. The summed E-state index contributed by atoms with van der Waals surface area (Å²) in [6.07, 6.45) is 0. The second-order valence-corrected chi connectivity index (χ2v) is 3.86. The zero-order chi connectivity index (χ0) is 16.3. The lowest BCUT2D eigenvalue weighted by molar-refractivity contribution is -0.394. The number of carbonyl (C=O) groups excluding carboxylic acids is 1. The summed E-state index contributed by atoms with van der Waals surface area (Å²) >= 11 is 0. The standard InChI is InChI=1S/C11H13N3O7/c1-5-7(12-2)8(13(16)17)6(11(15)21-4)9(14(18)19)10(5)20-3/h12H,1-4H3. The van der Waals surface area contributed by atoms with Crippen molar-refractivity contribution in [1.29, 1.82) is 0 Å². The lowest BCUT2D eigenvalue weighted by Crippen LogP contribution is -2.14. The van der Waals surface area contributed by atoms with Crippen LogP contribution in [-0.2, 0) is 4.74 Å². The zero-order valence-corrected chi connectivity index (χ0v) is 11.8. The number of anilines is 1. The first-order valence-electron chi connectivity index (χ1n) is 5.61. The largest absolute Gasteiger partial charge is 0.490 e. The highest BCUT2D eigenvalue weighted by Crippen LogP contribution is 2.46. The van der Waals surface area contributed by atoms with Crippen molar-refractivity contribution in [1.82, 2.24) is 0 Å². The third-order valence-electron chi connectivity index (χ3n) is 2.85. The van der Waals surface area contributed by atoms with Gasteiger partial charge in [-0.25, -0.2) is 4.79 Å². The van der Waals surface area contributed by atoms with Crippen LogP contribution in [0.15, 0.2) is 0 Å². The van der Waals surface area contributed by atoms with Gasteiger partial charge in [0, 0.05) is 12.6 Å². The molecule has 0 amide bonds. The van der Waals surface area contributed by atoms with Gasteiger partial charge in [0.2, 0.25) is 11.3 Å². The molecule has 1 N–H and O–H groups in total. The summed E-state index contributed by atoms with van der Waals surface area (Å²) in [5.41, 5.74) is -2.20. The van der Waals surface area contributed by atoms with Crippen LogP contribution in [0, 0.1) is 27.2 Å². The number of nitrogens with one attached hydrogen (secondary N) is 1. The summed E-state index contributed by atoms with van der Waals surface area (Å²) in [6, 6.07) is 0. The van der Waals surface area contributed by atoms with Crippen LogP contribution < -0.4 is 10.1 Å². The van der Waals surface area contributed by atoms with Gasteiger partial charge in [0.1, 0.15) is 5.69 Å². The fraction of sp³-hybridized carbons (Fsp3) is 0.364. The quantitative estimate of drug-likeness (QED) is 0.492. The Bertz CT molecular complexity index is 584. The molecule has 0 aromatic heterocycles. The van der Waals surface area contributed by atoms with Crippen molar-refractivity contribution in [3.05, 3.63) is 31.4 Å². The number of hydrogen-bond acceptors (Lipinski definition) is 8. The molecular formula is C11H13N3O7. The van der Waals surface area contributed by atoms with Gasteiger partial charge in [-0.1, -0.05) is 0 Å². The minimum atomic E-state index is -1.19. The molecule has 0 heterocycles. The number of benzene rings is 1. The molecule has 0 bridgehead atoms. The number of methoxy groups -OCH3 is 2. The van der Waals surface area contributed by atoms with E-state index < -0.39 is 32.8 Å². The number of esters is 1. The normalized spacial score (nSPS) is 9.90. The lowest BCUT2D eigenvalue weighted by atomic mass is 10.0. The second-order valence-electron chi connectivity index (χ2n) is 3.86. The zero-order valence-electron chi connectivity index (χ0n) is 11.8. The summed E-state index contributed by atoms with van der Waals surface area (Å²) < 4.78 is 9.36. The fourth-order valence-corrected chi connectivity index (χ4v) is 2.03. The maximum Gasteiger partial charge on any atom is 0.352 e. The van der Waals surface area contributed by atoms with Crippen molar-refractivity contribution in [2.45, 2.75) is 6.92 Å². The smallest absolute Gasteiger partial charge is 0.352 e. The molecule has 10 nitrogen and oxygen atoms in total. The predicted octanol–water partition coefficient (Wildman–Crippen LogP) is 1.65. The molecule has 0 radical (unpaired) electrons. The van der Waals surface area contributed by atoms with Crippen LogP contribution in [0.4, 0.5) is 17.1 Å². The Morgan fingerprint density at radius 1 is 1.14 bits per heavy atom. The minimum absolute atomic E-state index is 0.0529. The molecule has 1 rings (SSSR count). The molecule has 1 aromatic carbocycles. The first kappa shape index (κ1) is 16.1. The van der Waals surface area contributed by atoms with Crippen molar-refractivity contribution < 1.29 is 24.1 Å². The van der Waals surface area contributed by atoms with Crippen LogP contribution in [-0.4, -0.2) is 37.1 Å². The molecule has 0 unspecified atom stereocenters. The molecule has 0 saturated carbocycles. The summed E-state index contributed by atoms with van der Waals surface area (Å²) in [4.78, 5) is 32.5. The van der Waals surface area contributed by atoms with E-state index in [-0.39, 0.29) is 17.0 Å². The number of hydrogen-bond donors (Lipinski definition) is 1. The Morgan fingerprint density at radius 3 is 2.00 bits per heavy atom. The van der Waals surface area contributed by atoms with Crippen molar-refractivity contribution in [3.63, 3.8) is 0 Å². The van der Waals surface area contributed by atoms with Gasteiger partial charge in [-0.05, 0) is 6.92 Å². The molecule has 114 valence electrons. The Labute approximate surface area is 119 Å². The highest BCUT2D eigenvalue weighted by Gasteiger charge is 2.40. The fourth-order valence-electron chi connectivity index (χ4n) is 2.03. The van der Waals surface area contributed by atoms with E-state index in [1.807, 2.05) is 0 Å². The van der Waals surface area contributed by atoms with E-state index in [9.17, 15) is 25.0 Å². The highest BCUT2D eigenvalue weighted by atomic mass is 16.6. The Kier molecular flexibility index (Phi) is 4.64. The Morgan fingerprint density at radius 2 is 1.67 bits per heavy atom. The number of carbonyl (C=O) groups is 1. The van der Waals surface area contributed by atoms with Gasteiger partial charge in [0.15, 0.2) is 0 Å². The highest BCUT2D eigenvalue weighted by molar-refractivity contribution is 6.03. The Balaban J connectivity index is 4.06. The number of nitro benzene ring substituents is 2. The van der Waals surface area contributed by atoms with E-state index in [0.717, 1.165) is 7.11 Å². The van der Waals surface area contributed by atoms with E-state index in [1.54, 1.807) is 0 Å². The van der Waals surface area contributed by atoms with Crippen molar-refractivity contribution in [3.8, 4) is 5.75 Å². The molecule has 0 aliphatic carbocycles. The molecule has 1 aromatic rings. The predicted molar refractivity (Wildman–Crippen MR) is 71.9 cm³/mol. The average Bonchev–Trinajstić information content (AvgIpc) is 2.44. The van der Waals surface area contributed by atoms with Crippen LogP contribution in [0.5, 0.6) is 5.75 Å². The Hall–Kier alpha value is -2.91. The monoisotopic (exact) mass is 299 g/mol. The molecule has 0 spiro atoms. The molecule has 0 aliphatic rings. The van der Waals surface area contributed by atoms with Gasteiger partial charge in [0.05, 0.1) is 24.1 Å². The minimum Gasteiger partial charge on any atom is -0.490 e. The molecule has 21 heavy (non-hydrogen) atoms. The van der Waals surface area contributed by atoms with Gasteiger partial charge < -0.3 is 14.8 Å². The first-order chi connectivity index (χ1) is 9.81. The average molecular weight is 299 g/mol. The van der Waals surface area contributed by atoms with Gasteiger partial charge in [-0.2, -0.15) is 0 Å². The topological polar surface area (TPSA) is 134 Å². The number of nitrogens with zero attached hydrogens (tertiary/aromatic N) is 2. The maximum absolute atomic E-state index is 11.8. The van der Waals surface area contributed by atoms with Crippen molar-refractivity contribution >= 4 is 23.0 Å². The lowest BCUT2D eigenvalue weighted by Gasteiger charge is -2.14. The van der Waals surface area contributed by atoms with Crippen molar-refractivity contribution in [2.24, 2.45) is 0 Å². The summed E-state index contributed by atoms with van der Waals surface area (Å²) in [6.45, 7) is 1.41. The van der Waals surface area contributed by atoms with Gasteiger partial charge >= 0.3 is 17.3 Å². The SMILES string of the molecule is CNc1c(C)c(OC)c([N+](=O)[O-])c(C(=O)OC)c1[N+](=O)[O-]. The van der Waals surface area contributed by atoms with Crippen molar-refractivity contribution in [2.75, 3.05) is 26.6 Å². The molecule has 10 heteroatoms. The third kappa shape index (κ3) is 2.55. The number of ether oxygens (including phenoxy) is 2. The summed E-state index contributed by atoms with van der Waals surface area (Å²) in [5.74, 6) is -1.43. The van der Waals surface area contributed by atoms with Gasteiger partial charge in [-0.15, -0.1) is 0 Å². The molecule has 0 fully saturated rings. The van der Waals surface area contributed by atoms with E-state index in [4.69, 9.17) is 4.74 Å². The van der Waals surface area contributed by atoms with Crippen LogP contribution in [0.2, 0.25) is 0 Å². The molecule has 0 saturated heterocycles. The summed E-state index contributed by atoms with van der Waals surface area (Å²) in [5, 5.41) is 25.0. The second kappa shape index (κ2) is 6.03. The van der Waals surface area contributed by atoms with Crippen LogP contribution in [0.25, 0.3) is 0 Å². The van der Waals surface area contributed by atoms with E-state index in [1.165, 1.54) is 21.1 Å². The first-order valence-corrected chi connectivity index (χ1v) is 5.61. The van der Waals surface area contributed by atoms with Crippen LogP contribution in [0.1, 0.15) is 15.9 Å². The van der Waals surface area contributed by atoms with Gasteiger partial charge in [-0.3, -0.25) is 20.2 Å². The van der Waals surface area contributed by atoms with E-state index in [0.29, 0.717) is 0 Å². The van der Waals surface area contributed by atoms with Gasteiger partial charge in [0.25, 0.3) is 0 Å². The molecule has 0 aliphatic heterocycles. The number of nitro groups is 2. The van der Waals surface area contributed by atoms with E-state index >= 15 is 0 Å². The third-order valence-corrected chi connectivity index (χ3v) is 2.85.